The van der Waals surface area contributed by atoms with Crippen molar-refractivity contribution in [2.75, 3.05) is 57.8 Å². The molecule has 2 aromatic carbocycles. The number of benzene rings is 2. The van der Waals surface area contributed by atoms with Crippen molar-refractivity contribution in [2.24, 2.45) is 0 Å². The van der Waals surface area contributed by atoms with Crippen molar-refractivity contribution in [3.05, 3.63) is 60.2 Å². The molecule has 6 nitrogen and oxygen atoms in total. The van der Waals surface area contributed by atoms with Gasteiger partial charge in [0.25, 0.3) is 0 Å². The Hall–Kier alpha value is -2.83. The molecule has 4 rings (SSSR count). The van der Waals surface area contributed by atoms with Gasteiger partial charge in [0, 0.05) is 57.4 Å². The Balaban J connectivity index is 1.15. The number of ether oxygens (including phenoxy) is 2. The Labute approximate surface area is 178 Å². The van der Waals surface area contributed by atoms with Crippen LogP contribution in [0.3, 0.4) is 0 Å². The molecule has 0 spiro atoms. The molecule has 0 bridgehead atoms. The summed E-state index contributed by atoms with van der Waals surface area (Å²) in [6, 6.07) is 15.9. The maximum atomic E-state index is 12.3. The molecule has 0 saturated carbocycles. The number of hydrogen-bond acceptors (Lipinski definition) is 5. The number of rotatable bonds is 7. The van der Waals surface area contributed by atoms with Gasteiger partial charge in [-0.15, -0.1) is 0 Å². The molecule has 0 aliphatic carbocycles. The minimum atomic E-state index is 0.0277. The highest BCUT2D eigenvalue weighted by Gasteiger charge is 2.17. The molecule has 1 N–H and O–H groups in total. The number of carbonyl (C=O) groups excluding carboxylic acids is 1. The average Bonchev–Trinajstić information content (AvgIpc) is 2.79. The van der Waals surface area contributed by atoms with Gasteiger partial charge in [-0.3, -0.25) is 9.69 Å². The molecule has 2 aliphatic heterocycles. The third-order valence-electron chi connectivity index (χ3n) is 5.42. The minimum Gasteiger partial charge on any atom is -0.486 e. The van der Waals surface area contributed by atoms with Crippen LogP contribution in [0.15, 0.2) is 54.6 Å². The number of anilines is 1. The topological polar surface area (TPSA) is 54.0 Å². The Morgan fingerprint density at radius 1 is 0.933 bits per heavy atom. The molecule has 2 aliphatic rings. The molecular formula is C24H29N3O3. The van der Waals surface area contributed by atoms with Gasteiger partial charge in [-0.2, -0.15) is 0 Å². The third kappa shape index (κ3) is 5.84. The second kappa shape index (κ2) is 10.3. The predicted octanol–water partition coefficient (Wildman–Crippen LogP) is 3.12. The second-order valence-corrected chi connectivity index (χ2v) is 7.61. The molecule has 6 heteroatoms. The maximum Gasteiger partial charge on any atom is 0.225 e. The molecule has 1 amide bonds. The van der Waals surface area contributed by atoms with E-state index < -0.39 is 0 Å². The predicted molar refractivity (Wildman–Crippen MR) is 119 cm³/mol. The number of nitrogens with zero attached hydrogens (tertiary/aromatic N) is 2. The van der Waals surface area contributed by atoms with Gasteiger partial charge in [0.15, 0.2) is 11.5 Å². The summed E-state index contributed by atoms with van der Waals surface area (Å²) in [5.74, 6) is 1.45. The first-order valence-electron chi connectivity index (χ1n) is 10.6. The van der Waals surface area contributed by atoms with Crippen LogP contribution in [0, 0.1) is 0 Å². The fraction of sp³-hybridized carbons (Fsp3) is 0.375. The third-order valence-corrected chi connectivity index (χ3v) is 5.42. The van der Waals surface area contributed by atoms with E-state index >= 15 is 0 Å². The van der Waals surface area contributed by atoms with Crippen LogP contribution in [0.4, 0.5) is 5.69 Å². The summed E-state index contributed by atoms with van der Waals surface area (Å²) in [4.78, 5) is 17.1. The van der Waals surface area contributed by atoms with Gasteiger partial charge in [-0.05, 0) is 17.7 Å². The SMILES string of the molecule is O=C(CCN1CCN(C/C=C/c2ccccc2)CC1)Nc1ccc2c(c1)OCCO2. The Morgan fingerprint density at radius 2 is 1.67 bits per heavy atom. The first-order valence-corrected chi connectivity index (χ1v) is 10.6. The number of amides is 1. The highest BCUT2D eigenvalue weighted by molar-refractivity contribution is 5.91. The van der Waals surface area contributed by atoms with Crippen molar-refractivity contribution in [2.45, 2.75) is 6.42 Å². The number of nitrogens with one attached hydrogen (secondary N) is 1. The molecule has 1 fully saturated rings. The lowest BCUT2D eigenvalue weighted by Crippen LogP contribution is -2.46. The van der Waals surface area contributed by atoms with Crippen LogP contribution >= 0.6 is 0 Å². The average molecular weight is 408 g/mol. The van der Waals surface area contributed by atoms with Gasteiger partial charge in [0.2, 0.25) is 5.91 Å². The molecule has 30 heavy (non-hydrogen) atoms. The van der Waals surface area contributed by atoms with Crippen LogP contribution in [-0.2, 0) is 4.79 Å². The molecular weight excluding hydrogens is 378 g/mol. The standard InChI is InChI=1S/C24H29N3O3/c28-24(25-21-8-9-22-23(19-21)30-18-17-29-22)10-12-27-15-13-26(14-16-27)11-4-7-20-5-2-1-3-6-20/h1-9,19H,10-18H2,(H,25,28)/b7-4+. The van der Waals surface area contributed by atoms with Crippen molar-refractivity contribution in [1.29, 1.82) is 0 Å². The van der Waals surface area contributed by atoms with E-state index in [-0.39, 0.29) is 5.91 Å². The largest absolute Gasteiger partial charge is 0.486 e. The van der Waals surface area contributed by atoms with Crippen LogP contribution in [0.25, 0.3) is 6.08 Å². The Bertz CT molecular complexity index is 861. The van der Waals surface area contributed by atoms with E-state index in [1.807, 2.05) is 24.3 Å². The summed E-state index contributed by atoms with van der Waals surface area (Å²) in [5.41, 5.74) is 1.99. The van der Waals surface area contributed by atoms with E-state index in [0.717, 1.165) is 50.7 Å². The highest BCUT2D eigenvalue weighted by atomic mass is 16.6. The number of piperazine rings is 1. The van der Waals surface area contributed by atoms with Gasteiger partial charge in [-0.1, -0.05) is 42.5 Å². The van der Waals surface area contributed by atoms with Crippen molar-refractivity contribution < 1.29 is 14.3 Å². The molecule has 0 atom stereocenters. The zero-order chi connectivity index (χ0) is 20.6. The van der Waals surface area contributed by atoms with Crippen LogP contribution in [0.5, 0.6) is 11.5 Å². The van der Waals surface area contributed by atoms with Gasteiger partial charge in [0.05, 0.1) is 0 Å². The van der Waals surface area contributed by atoms with Gasteiger partial charge >= 0.3 is 0 Å². The van der Waals surface area contributed by atoms with Crippen LogP contribution < -0.4 is 14.8 Å². The quantitative estimate of drug-likeness (QED) is 0.764. The van der Waals surface area contributed by atoms with E-state index in [2.05, 4.69) is 51.5 Å². The fourth-order valence-corrected chi connectivity index (χ4v) is 3.70. The summed E-state index contributed by atoms with van der Waals surface area (Å²) in [6.07, 6.45) is 4.89. The molecule has 158 valence electrons. The first-order chi connectivity index (χ1) is 14.8. The van der Waals surface area contributed by atoms with Crippen LogP contribution in [0.2, 0.25) is 0 Å². The van der Waals surface area contributed by atoms with E-state index in [0.29, 0.717) is 25.4 Å². The molecule has 2 heterocycles. The summed E-state index contributed by atoms with van der Waals surface area (Å²) >= 11 is 0. The lowest BCUT2D eigenvalue weighted by atomic mass is 10.2. The van der Waals surface area contributed by atoms with Gasteiger partial charge in [0.1, 0.15) is 13.2 Å². The molecule has 2 aromatic rings. The fourth-order valence-electron chi connectivity index (χ4n) is 3.70. The second-order valence-electron chi connectivity index (χ2n) is 7.61. The van der Waals surface area contributed by atoms with Crippen molar-refractivity contribution in [3.8, 4) is 11.5 Å². The normalized spacial score (nSPS) is 17.2. The molecule has 0 unspecified atom stereocenters. The molecule has 0 aromatic heterocycles. The van der Waals surface area contributed by atoms with Crippen molar-refractivity contribution >= 4 is 17.7 Å². The van der Waals surface area contributed by atoms with E-state index in [4.69, 9.17) is 9.47 Å². The van der Waals surface area contributed by atoms with Crippen LogP contribution in [0.1, 0.15) is 12.0 Å². The monoisotopic (exact) mass is 407 g/mol. The summed E-state index contributed by atoms with van der Waals surface area (Å²) in [6.45, 7) is 6.91. The number of carbonyl (C=O) groups is 1. The van der Waals surface area contributed by atoms with E-state index in [1.54, 1.807) is 0 Å². The van der Waals surface area contributed by atoms with E-state index in [9.17, 15) is 4.79 Å². The summed E-state index contributed by atoms with van der Waals surface area (Å²) in [5, 5.41) is 2.96. The Kier molecular flexibility index (Phi) is 7.00. The van der Waals surface area contributed by atoms with E-state index in [1.165, 1.54) is 5.56 Å². The van der Waals surface area contributed by atoms with Crippen molar-refractivity contribution in [3.63, 3.8) is 0 Å². The molecule has 0 radical (unpaired) electrons. The first kappa shape index (κ1) is 20.4. The van der Waals surface area contributed by atoms with Gasteiger partial charge < -0.3 is 19.7 Å². The summed E-state index contributed by atoms with van der Waals surface area (Å²) < 4.78 is 11.1. The Morgan fingerprint density at radius 3 is 2.47 bits per heavy atom. The minimum absolute atomic E-state index is 0.0277. The smallest absolute Gasteiger partial charge is 0.225 e. The zero-order valence-electron chi connectivity index (χ0n) is 17.3. The lowest BCUT2D eigenvalue weighted by molar-refractivity contribution is -0.116. The van der Waals surface area contributed by atoms with Crippen LogP contribution in [-0.4, -0.2) is 68.2 Å². The number of fused-ring (bicyclic) bond motifs is 1. The number of hydrogen-bond donors (Lipinski definition) is 1. The van der Waals surface area contributed by atoms with Crippen molar-refractivity contribution in [1.82, 2.24) is 9.80 Å². The zero-order valence-corrected chi connectivity index (χ0v) is 17.3. The summed E-state index contributed by atoms with van der Waals surface area (Å²) in [7, 11) is 0. The van der Waals surface area contributed by atoms with Gasteiger partial charge in [-0.25, -0.2) is 0 Å². The maximum absolute atomic E-state index is 12.3. The molecule has 1 saturated heterocycles. The lowest BCUT2D eigenvalue weighted by Gasteiger charge is -2.34. The highest BCUT2D eigenvalue weighted by Crippen LogP contribution is 2.32.